The number of nitrogens with zero attached hydrogens (tertiary/aromatic N) is 1. The fourth-order valence-corrected chi connectivity index (χ4v) is 3.66. The lowest BCUT2D eigenvalue weighted by Crippen LogP contribution is -2.39. The van der Waals surface area contributed by atoms with Crippen molar-refractivity contribution in [3.05, 3.63) is 31.8 Å². The number of halogens is 2. The molecular weight excluding hydrogens is 443 g/mol. The minimum Gasteiger partial charge on any atom is -0.352 e. The van der Waals surface area contributed by atoms with Gasteiger partial charge in [0.15, 0.2) is 0 Å². The predicted molar refractivity (Wildman–Crippen MR) is 98.7 cm³/mol. The van der Waals surface area contributed by atoms with E-state index in [0.717, 1.165) is 27.6 Å². The molecule has 1 atom stereocenters. The van der Waals surface area contributed by atoms with Crippen LogP contribution >= 0.6 is 38.5 Å². The van der Waals surface area contributed by atoms with E-state index >= 15 is 0 Å². The van der Waals surface area contributed by atoms with E-state index in [1.807, 2.05) is 18.2 Å². The van der Waals surface area contributed by atoms with Crippen molar-refractivity contribution in [3.8, 4) is 0 Å². The number of nitrogens with one attached hydrogen (secondary N) is 1. The van der Waals surface area contributed by atoms with Gasteiger partial charge in [0.25, 0.3) is 5.91 Å². The van der Waals surface area contributed by atoms with Crippen LogP contribution in [0.3, 0.4) is 0 Å². The Morgan fingerprint density at radius 3 is 3.05 bits per heavy atom. The van der Waals surface area contributed by atoms with Crippen LogP contribution in [-0.2, 0) is 0 Å². The van der Waals surface area contributed by atoms with Crippen molar-refractivity contribution in [2.45, 2.75) is 38.6 Å². The average Bonchev–Trinajstić information content (AvgIpc) is 2.47. The smallest absolute Gasteiger partial charge is 0.252 e. The number of carbonyl (C=O) groups is 1. The van der Waals surface area contributed by atoms with Crippen LogP contribution in [-0.4, -0.2) is 36.5 Å². The lowest BCUT2D eigenvalue weighted by molar-refractivity contribution is 0.0948. The van der Waals surface area contributed by atoms with Crippen LogP contribution < -0.4 is 5.32 Å². The lowest BCUT2D eigenvalue weighted by Gasteiger charge is -2.33. The molecular formula is C16H22BrIN2O. The van der Waals surface area contributed by atoms with Crippen molar-refractivity contribution in [1.82, 2.24) is 10.2 Å². The molecule has 1 aromatic carbocycles. The largest absolute Gasteiger partial charge is 0.352 e. The summed E-state index contributed by atoms with van der Waals surface area (Å²) in [6, 6.07) is 6.51. The number of piperidine rings is 1. The SMILES string of the molecule is CC1CCCCN1CCCNC(=O)c1cc(I)ccc1Br. The molecule has 3 nitrogen and oxygen atoms in total. The van der Waals surface area contributed by atoms with E-state index in [1.165, 1.54) is 25.8 Å². The third-order valence-electron chi connectivity index (χ3n) is 4.02. The normalized spacial score (nSPS) is 19.5. The number of rotatable bonds is 5. The van der Waals surface area contributed by atoms with Gasteiger partial charge in [-0.3, -0.25) is 4.79 Å². The number of carbonyl (C=O) groups excluding carboxylic acids is 1. The summed E-state index contributed by atoms with van der Waals surface area (Å²) in [6.45, 7) is 5.33. The minimum absolute atomic E-state index is 0.00656. The summed E-state index contributed by atoms with van der Waals surface area (Å²) >= 11 is 5.66. The Hall–Kier alpha value is -0.140. The second kappa shape index (κ2) is 8.48. The van der Waals surface area contributed by atoms with Crippen LogP contribution in [0.2, 0.25) is 0 Å². The van der Waals surface area contributed by atoms with Crippen LogP contribution in [0.4, 0.5) is 0 Å². The van der Waals surface area contributed by atoms with Gasteiger partial charge in [-0.1, -0.05) is 6.42 Å². The summed E-state index contributed by atoms with van der Waals surface area (Å²) in [5.41, 5.74) is 0.716. The zero-order valence-corrected chi connectivity index (χ0v) is 16.1. The van der Waals surface area contributed by atoms with Crippen molar-refractivity contribution >= 4 is 44.4 Å². The van der Waals surface area contributed by atoms with E-state index in [0.29, 0.717) is 11.6 Å². The molecule has 1 amide bonds. The Balaban J connectivity index is 1.75. The minimum atomic E-state index is 0.00656. The van der Waals surface area contributed by atoms with Crippen LogP contribution in [0.25, 0.3) is 0 Å². The number of hydrogen-bond acceptors (Lipinski definition) is 2. The molecule has 1 heterocycles. The highest BCUT2D eigenvalue weighted by molar-refractivity contribution is 14.1. The highest BCUT2D eigenvalue weighted by Crippen LogP contribution is 2.19. The Labute approximate surface area is 149 Å². The fourth-order valence-electron chi connectivity index (χ4n) is 2.74. The molecule has 1 unspecified atom stereocenters. The standard InChI is InChI=1S/C16H22BrIN2O/c1-12-5-2-3-9-20(12)10-4-8-19-16(21)14-11-13(18)6-7-15(14)17/h6-7,11-12H,2-5,8-10H2,1H3,(H,19,21). The third-order valence-corrected chi connectivity index (χ3v) is 5.38. The van der Waals surface area contributed by atoms with Gasteiger partial charge >= 0.3 is 0 Å². The van der Waals surface area contributed by atoms with Crippen LogP contribution in [0, 0.1) is 3.57 Å². The Morgan fingerprint density at radius 2 is 2.29 bits per heavy atom. The molecule has 116 valence electrons. The predicted octanol–water partition coefficient (Wildman–Crippen LogP) is 4.05. The molecule has 0 radical (unpaired) electrons. The summed E-state index contributed by atoms with van der Waals surface area (Å²) < 4.78 is 1.92. The van der Waals surface area contributed by atoms with Gasteiger partial charge in [-0.15, -0.1) is 0 Å². The van der Waals surface area contributed by atoms with Gasteiger partial charge in [0.1, 0.15) is 0 Å². The Bertz CT molecular complexity index is 495. The van der Waals surface area contributed by atoms with Gasteiger partial charge in [-0.25, -0.2) is 0 Å². The molecule has 0 saturated carbocycles. The zero-order chi connectivity index (χ0) is 15.2. The Kier molecular flexibility index (Phi) is 6.95. The Morgan fingerprint density at radius 1 is 1.48 bits per heavy atom. The maximum atomic E-state index is 12.2. The number of likely N-dealkylation sites (tertiary alicyclic amines) is 1. The van der Waals surface area contributed by atoms with Crippen LogP contribution in [0.15, 0.2) is 22.7 Å². The summed E-state index contributed by atoms with van der Waals surface area (Å²) in [7, 11) is 0. The topological polar surface area (TPSA) is 32.3 Å². The number of benzene rings is 1. The summed E-state index contributed by atoms with van der Waals surface area (Å²) in [5, 5.41) is 3.02. The first kappa shape index (κ1) is 17.2. The van der Waals surface area contributed by atoms with E-state index in [9.17, 15) is 4.79 Å². The monoisotopic (exact) mass is 464 g/mol. The quantitative estimate of drug-likeness (QED) is 0.526. The zero-order valence-electron chi connectivity index (χ0n) is 12.4. The van der Waals surface area contributed by atoms with Crippen molar-refractivity contribution in [3.63, 3.8) is 0 Å². The van der Waals surface area contributed by atoms with E-state index in [1.54, 1.807) is 0 Å². The van der Waals surface area contributed by atoms with Crippen molar-refractivity contribution in [2.24, 2.45) is 0 Å². The second-order valence-electron chi connectivity index (χ2n) is 5.61. The summed E-state index contributed by atoms with van der Waals surface area (Å²) in [4.78, 5) is 14.7. The molecule has 0 spiro atoms. The van der Waals surface area contributed by atoms with Gasteiger partial charge in [0.05, 0.1) is 5.56 Å². The van der Waals surface area contributed by atoms with Gasteiger partial charge in [0.2, 0.25) is 0 Å². The van der Waals surface area contributed by atoms with Crippen LogP contribution in [0.1, 0.15) is 43.0 Å². The van der Waals surface area contributed by atoms with Crippen LogP contribution in [0.5, 0.6) is 0 Å². The molecule has 1 N–H and O–H groups in total. The molecule has 1 aliphatic heterocycles. The molecule has 1 aliphatic rings. The summed E-state index contributed by atoms with van der Waals surface area (Å²) in [5.74, 6) is 0.00656. The summed E-state index contributed by atoms with van der Waals surface area (Å²) in [6.07, 6.45) is 4.99. The van der Waals surface area contributed by atoms with Gasteiger partial charge in [-0.05, 0) is 89.5 Å². The van der Waals surface area contributed by atoms with Gasteiger partial charge in [0, 0.05) is 27.2 Å². The molecule has 2 rings (SSSR count). The first-order valence-corrected chi connectivity index (χ1v) is 9.42. The highest BCUT2D eigenvalue weighted by atomic mass is 127. The maximum absolute atomic E-state index is 12.2. The molecule has 0 aromatic heterocycles. The van der Waals surface area contributed by atoms with Crippen molar-refractivity contribution < 1.29 is 4.79 Å². The number of hydrogen-bond donors (Lipinski definition) is 1. The first-order chi connectivity index (χ1) is 10.1. The fraction of sp³-hybridized carbons (Fsp3) is 0.562. The molecule has 0 aliphatic carbocycles. The van der Waals surface area contributed by atoms with Crippen molar-refractivity contribution in [1.29, 1.82) is 0 Å². The number of amides is 1. The van der Waals surface area contributed by atoms with Gasteiger partial charge < -0.3 is 10.2 Å². The molecule has 1 saturated heterocycles. The third kappa shape index (κ3) is 5.21. The lowest BCUT2D eigenvalue weighted by atomic mass is 10.0. The van der Waals surface area contributed by atoms with E-state index in [4.69, 9.17) is 0 Å². The second-order valence-corrected chi connectivity index (χ2v) is 7.71. The van der Waals surface area contributed by atoms with Gasteiger partial charge in [-0.2, -0.15) is 0 Å². The van der Waals surface area contributed by atoms with Crippen molar-refractivity contribution in [2.75, 3.05) is 19.6 Å². The first-order valence-electron chi connectivity index (χ1n) is 7.55. The van der Waals surface area contributed by atoms with E-state index in [2.05, 4.69) is 55.7 Å². The average molecular weight is 465 g/mol. The molecule has 0 bridgehead atoms. The highest BCUT2D eigenvalue weighted by Gasteiger charge is 2.17. The molecule has 1 fully saturated rings. The van der Waals surface area contributed by atoms with E-state index in [-0.39, 0.29) is 5.91 Å². The maximum Gasteiger partial charge on any atom is 0.252 e. The van der Waals surface area contributed by atoms with E-state index < -0.39 is 0 Å². The molecule has 5 heteroatoms. The molecule has 21 heavy (non-hydrogen) atoms. The molecule has 1 aromatic rings.